The van der Waals surface area contributed by atoms with Crippen LogP contribution in [0.2, 0.25) is 0 Å². The molecule has 0 aromatic heterocycles. The number of hydrogen-bond donors (Lipinski definition) is 3. The minimum atomic E-state index is 0.455. The number of nitrogens with zero attached hydrogens (tertiary/aromatic N) is 1. The third kappa shape index (κ3) is 5.91. The van der Waals surface area contributed by atoms with Gasteiger partial charge in [0.25, 0.3) is 0 Å². The van der Waals surface area contributed by atoms with E-state index in [1.165, 1.54) is 0 Å². The van der Waals surface area contributed by atoms with Gasteiger partial charge in [-0.25, -0.2) is 5.84 Å². The zero-order chi connectivity index (χ0) is 15.7. The van der Waals surface area contributed by atoms with E-state index in [0.717, 1.165) is 17.2 Å². The smallest absolute Gasteiger partial charge is 0.210 e. The van der Waals surface area contributed by atoms with Gasteiger partial charge >= 0.3 is 0 Å². The molecule has 0 fully saturated rings. The summed E-state index contributed by atoms with van der Waals surface area (Å²) in [4.78, 5) is 4.39. The van der Waals surface area contributed by atoms with E-state index in [9.17, 15) is 0 Å². The molecule has 0 unspecified atom stereocenters. The summed E-state index contributed by atoms with van der Waals surface area (Å²) in [5, 5.41) is 3.15. The van der Waals surface area contributed by atoms with Gasteiger partial charge in [0.05, 0.1) is 18.9 Å². The number of ether oxygens (including phenoxy) is 2. The average Bonchev–Trinajstić information content (AvgIpc) is 2.46. The number of benzene rings is 1. The largest absolute Gasteiger partial charge is 0.494 e. The maximum Gasteiger partial charge on any atom is 0.210 e. The summed E-state index contributed by atoms with van der Waals surface area (Å²) in [6.45, 7) is 9.95. The van der Waals surface area contributed by atoms with Gasteiger partial charge in [-0.3, -0.25) is 10.4 Å². The van der Waals surface area contributed by atoms with E-state index in [-0.39, 0.29) is 0 Å². The fourth-order valence-electron chi connectivity index (χ4n) is 1.67. The second-order valence-corrected chi connectivity index (χ2v) is 4.88. The Morgan fingerprint density at radius 2 is 1.95 bits per heavy atom. The second kappa shape index (κ2) is 9.07. The van der Waals surface area contributed by atoms with Crippen LogP contribution in [0.5, 0.6) is 11.5 Å². The van der Waals surface area contributed by atoms with Crippen molar-refractivity contribution in [3.63, 3.8) is 0 Å². The first-order valence-electron chi connectivity index (χ1n) is 7.28. The van der Waals surface area contributed by atoms with Gasteiger partial charge in [0.15, 0.2) is 0 Å². The van der Waals surface area contributed by atoms with Crippen LogP contribution in [0.15, 0.2) is 23.2 Å². The molecule has 0 aliphatic heterocycles. The summed E-state index contributed by atoms with van der Waals surface area (Å²) in [5.41, 5.74) is 3.34. The standard InChI is InChI=1S/C15H26N4O2/c1-5-20-12-7-8-14(21-6-2)13(9-12)18-15(19-16)17-10-11(3)4/h7-9,11H,5-6,10,16H2,1-4H3,(H2,17,18,19). The Morgan fingerprint density at radius 1 is 1.24 bits per heavy atom. The van der Waals surface area contributed by atoms with Crippen LogP contribution in [-0.2, 0) is 0 Å². The van der Waals surface area contributed by atoms with Crippen molar-refractivity contribution in [3.8, 4) is 11.5 Å². The Labute approximate surface area is 126 Å². The molecule has 4 N–H and O–H groups in total. The normalized spacial score (nSPS) is 11.4. The summed E-state index contributed by atoms with van der Waals surface area (Å²) in [6.07, 6.45) is 0. The van der Waals surface area contributed by atoms with Crippen molar-refractivity contribution in [2.24, 2.45) is 16.8 Å². The Hall–Kier alpha value is -1.95. The van der Waals surface area contributed by atoms with Crippen LogP contribution in [-0.4, -0.2) is 25.7 Å². The molecule has 21 heavy (non-hydrogen) atoms. The molecule has 0 saturated heterocycles. The van der Waals surface area contributed by atoms with Crippen molar-refractivity contribution in [1.82, 2.24) is 5.43 Å². The Balaban J connectivity index is 2.95. The van der Waals surface area contributed by atoms with E-state index in [1.54, 1.807) is 0 Å². The summed E-state index contributed by atoms with van der Waals surface area (Å²) in [6, 6.07) is 5.62. The quantitative estimate of drug-likeness (QED) is 0.311. The lowest BCUT2D eigenvalue weighted by molar-refractivity contribution is 0.332. The second-order valence-electron chi connectivity index (χ2n) is 4.88. The van der Waals surface area contributed by atoms with Gasteiger partial charge in [0.1, 0.15) is 11.5 Å². The molecule has 0 atom stereocenters. The van der Waals surface area contributed by atoms with Gasteiger partial charge in [0.2, 0.25) is 5.96 Å². The zero-order valence-corrected chi connectivity index (χ0v) is 13.3. The summed E-state index contributed by atoms with van der Waals surface area (Å²) in [7, 11) is 0. The van der Waals surface area contributed by atoms with Crippen LogP contribution >= 0.6 is 0 Å². The molecule has 0 spiro atoms. The molecule has 0 saturated carbocycles. The number of anilines is 1. The Bertz CT molecular complexity index is 461. The molecule has 0 heterocycles. The third-order valence-corrected chi connectivity index (χ3v) is 2.57. The van der Waals surface area contributed by atoms with Crippen LogP contribution in [0.4, 0.5) is 5.69 Å². The first kappa shape index (κ1) is 17.1. The topological polar surface area (TPSA) is 80.9 Å². The van der Waals surface area contributed by atoms with Crippen LogP contribution in [0.1, 0.15) is 27.7 Å². The molecule has 1 rings (SSSR count). The lowest BCUT2D eigenvalue weighted by Gasteiger charge is -2.15. The summed E-state index contributed by atoms with van der Waals surface area (Å²) >= 11 is 0. The van der Waals surface area contributed by atoms with Crippen molar-refractivity contribution in [3.05, 3.63) is 18.2 Å². The predicted molar refractivity (Wildman–Crippen MR) is 86.9 cm³/mol. The molecule has 0 radical (unpaired) electrons. The van der Waals surface area contributed by atoms with E-state index in [4.69, 9.17) is 15.3 Å². The van der Waals surface area contributed by atoms with E-state index < -0.39 is 0 Å². The molecule has 0 amide bonds. The maximum absolute atomic E-state index is 5.60. The zero-order valence-electron chi connectivity index (χ0n) is 13.3. The average molecular weight is 294 g/mol. The monoisotopic (exact) mass is 294 g/mol. The van der Waals surface area contributed by atoms with Crippen LogP contribution in [0.3, 0.4) is 0 Å². The number of hydrazine groups is 1. The van der Waals surface area contributed by atoms with E-state index in [2.05, 4.69) is 29.6 Å². The molecule has 1 aromatic carbocycles. The maximum atomic E-state index is 5.60. The molecule has 118 valence electrons. The number of aliphatic imine (C=N–C) groups is 1. The van der Waals surface area contributed by atoms with E-state index in [0.29, 0.717) is 31.6 Å². The fourth-order valence-corrected chi connectivity index (χ4v) is 1.67. The Morgan fingerprint density at radius 3 is 2.52 bits per heavy atom. The molecule has 0 bridgehead atoms. The van der Waals surface area contributed by atoms with Crippen molar-refractivity contribution < 1.29 is 9.47 Å². The highest BCUT2D eigenvalue weighted by atomic mass is 16.5. The highest BCUT2D eigenvalue weighted by molar-refractivity contribution is 5.94. The fraction of sp³-hybridized carbons (Fsp3) is 0.533. The Kier molecular flexibility index (Phi) is 7.39. The van der Waals surface area contributed by atoms with Crippen LogP contribution in [0, 0.1) is 5.92 Å². The minimum absolute atomic E-state index is 0.455. The molecule has 6 nitrogen and oxygen atoms in total. The molecule has 1 aromatic rings. The van der Waals surface area contributed by atoms with Crippen LogP contribution < -0.4 is 26.1 Å². The van der Waals surface area contributed by atoms with Gasteiger partial charge in [0, 0.05) is 12.6 Å². The molecule has 6 heteroatoms. The molecular formula is C15H26N4O2. The predicted octanol–water partition coefficient (Wildman–Crippen LogP) is 2.37. The molecule has 0 aliphatic carbocycles. The van der Waals surface area contributed by atoms with Crippen molar-refractivity contribution in [1.29, 1.82) is 0 Å². The third-order valence-electron chi connectivity index (χ3n) is 2.57. The van der Waals surface area contributed by atoms with Gasteiger partial charge in [-0.2, -0.15) is 0 Å². The highest BCUT2D eigenvalue weighted by Gasteiger charge is 2.08. The van der Waals surface area contributed by atoms with Gasteiger partial charge in [-0.05, 0) is 31.9 Å². The molecule has 0 aliphatic rings. The summed E-state index contributed by atoms with van der Waals surface area (Å²) < 4.78 is 11.1. The molecular weight excluding hydrogens is 268 g/mol. The van der Waals surface area contributed by atoms with Gasteiger partial charge < -0.3 is 14.8 Å². The van der Waals surface area contributed by atoms with E-state index in [1.807, 2.05) is 32.0 Å². The van der Waals surface area contributed by atoms with Crippen molar-refractivity contribution >= 4 is 11.6 Å². The number of nitrogens with two attached hydrogens (primary N) is 1. The lowest BCUT2D eigenvalue weighted by atomic mass is 10.2. The number of rotatable bonds is 7. The van der Waals surface area contributed by atoms with Crippen molar-refractivity contribution in [2.45, 2.75) is 27.7 Å². The first-order valence-corrected chi connectivity index (χ1v) is 7.28. The summed E-state index contributed by atoms with van der Waals surface area (Å²) in [5.74, 6) is 7.96. The first-order chi connectivity index (χ1) is 10.1. The highest BCUT2D eigenvalue weighted by Crippen LogP contribution is 2.29. The van der Waals surface area contributed by atoms with Crippen molar-refractivity contribution in [2.75, 3.05) is 25.1 Å². The minimum Gasteiger partial charge on any atom is -0.494 e. The van der Waals surface area contributed by atoms with Gasteiger partial charge in [-0.15, -0.1) is 0 Å². The number of guanidine groups is 1. The van der Waals surface area contributed by atoms with Gasteiger partial charge in [-0.1, -0.05) is 13.8 Å². The van der Waals surface area contributed by atoms with E-state index >= 15 is 0 Å². The number of nitrogens with one attached hydrogen (secondary N) is 2. The number of hydrogen-bond acceptors (Lipinski definition) is 4. The van der Waals surface area contributed by atoms with Crippen LogP contribution in [0.25, 0.3) is 0 Å². The SMILES string of the molecule is CCOc1ccc(OCC)c(NC(=NCC(C)C)NN)c1. The lowest BCUT2D eigenvalue weighted by Crippen LogP contribution is -2.36.